The predicted molar refractivity (Wildman–Crippen MR) is 144 cm³/mol. The molecule has 1 N–H and O–H groups in total. The first kappa shape index (κ1) is 28.2. The molecule has 4 aromatic rings. The highest BCUT2D eigenvalue weighted by molar-refractivity contribution is 5.66. The van der Waals surface area contributed by atoms with Gasteiger partial charge in [0.2, 0.25) is 0 Å². The van der Waals surface area contributed by atoms with E-state index in [1.807, 2.05) is 20.8 Å². The van der Waals surface area contributed by atoms with Crippen molar-refractivity contribution in [1.29, 1.82) is 0 Å². The van der Waals surface area contributed by atoms with Crippen molar-refractivity contribution in [1.82, 2.24) is 24.6 Å². The Kier molecular flexibility index (Phi) is 8.13. The lowest BCUT2D eigenvalue weighted by atomic mass is 10.1. The summed E-state index contributed by atoms with van der Waals surface area (Å²) >= 11 is 0. The van der Waals surface area contributed by atoms with Crippen molar-refractivity contribution in [2.75, 3.05) is 6.54 Å². The van der Waals surface area contributed by atoms with E-state index >= 15 is 0 Å². The Labute approximate surface area is 228 Å². The number of benzene rings is 2. The molecule has 0 saturated heterocycles. The van der Waals surface area contributed by atoms with E-state index in [0.29, 0.717) is 22.5 Å². The maximum atomic E-state index is 13.7. The number of nitrogens with zero attached hydrogens (tertiary/aromatic N) is 5. The molecule has 0 fully saturated rings. The summed E-state index contributed by atoms with van der Waals surface area (Å²) in [4.78, 5) is 34.0. The zero-order chi connectivity index (χ0) is 29.0. The first-order chi connectivity index (χ1) is 18.9. The van der Waals surface area contributed by atoms with Gasteiger partial charge in [-0.05, 0) is 50.6 Å². The van der Waals surface area contributed by atoms with Crippen molar-refractivity contribution in [3.63, 3.8) is 0 Å². The molecule has 8 nitrogen and oxygen atoms in total. The van der Waals surface area contributed by atoms with Crippen LogP contribution in [0.2, 0.25) is 0 Å². The lowest BCUT2D eigenvalue weighted by Crippen LogP contribution is -2.44. The monoisotopic (exact) mass is 549 g/mol. The number of carbonyl (C=O) groups is 1. The number of hydrogen-bond acceptors (Lipinski definition) is 5. The number of halogens is 3. The third kappa shape index (κ3) is 6.60. The van der Waals surface area contributed by atoms with E-state index in [1.54, 1.807) is 48.8 Å². The first-order valence-electron chi connectivity index (χ1n) is 12.2. The van der Waals surface area contributed by atoms with E-state index in [0.717, 1.165) is 16.8 Å². The van der Waals surface area contributed by atoms with Crippen molar-refractivity contribution in [2.45, 2.75) is 32.9 Å². The minimum Gasteiger partial charge on any atom is -0.465 e. The van der Waals surface area contributed by atoms with Gasteiger partial charge in [0, 0.05) is 47.2 Å². The van der Waals surface area contributed by atoms with Gasteiger partial charge < -0.3 is 5.11 Å². The van der Waals surface area contributed by atoms with Crippen molar-refractivity contribution in [2.24, 2.45) is 0 Å². The Hall–Kier alpha value is -4.80. The fourth-order valence-corrected chi connectivity index (χ4v) is 3.91. The summed E-state index contributed by atoms with van der Waals surface area (Å²) in [6.07, 6.45) is 5.69. The van der Waals surface area contributed by atoms with Gasteiger partial charge in [-0.25, -0.2) is 32.6 Å². The Balaban J connectivity index is 1.51. The van der Waals surface area contributed by atoms with Crippen LogP contribution in [0.3, 0.4) is 0 Å². The Morgan fingerprint density at radius 3 is 2.30 bits per heavy atom. The second kappa shape index (κ2) is 11.5. The van der Waals surface area contributed by atoms with Gasteiger partial charge in [-0.3, -0.25) is 9.69 Å². The van der Waals surface area contributed by atoms with Crippen LogP contribution in [-0.4, -0.2) is 47.9 Å². The summed E-state index contributed by atoms with van der Waals surface area (Å²) in [5.74, 6) is -3.84. The summed E-state index contributed by atoms with van der Waals surface area (Å²) in [6.45, 7) is 5.72. The molecule has 0 bridgehead atoms. The van der Waals surface area contributed by atoms with Crippen molar-refractivity contribution in [3.8, 4) is 22.6 Å². The van der Waals surface area contributed by atoms with Crippen LogP contribution in [0.4, 0.5) is 18.0 Å². The van der Waals surface area contributed by atoms with Gasteiger partial charge in [-0.2, -0.15) is 5.10 Å². The van der Waals surface area contributed by atoms with Gasteiger partial charge in [-0.15, -0.1) is 0 Å². The fraction of sp³-hybridized carbons (Fsp3) is 0.207. The standard InChI is InChI=1S/C29H26F3N5O3/c1-29(2,3)36(28(39)40)11-5-7-19-15-33-27(34-16-19)20-8-4-6-18(12-20)17-37-25(38)10-9-24(35-37)21-13-22(30)26(32)23(31)14-21/h4-10,12-16H,11,17H2,1-3H3,(H,39,40)/b7-5-. The highest BCUT2D eigenvalue weighted by Crippen LogP contribution is 2.22. The zero-order valence-corrected chi connectivity index (χ0v) is 22.0. The molecule has 2 aromatic heterocycles. The van der Waals surface area contributed by atoms with E-state index in [-0.39, 0.29) is 24.3 Å². The molecule has 4 rings (SSSR count). The normalized spacial score (nSPS) is 11.7. The number of hydrogen-bond donors (Lipinski definition) is 1. The molecule has 0 spiro atoms. The first-order valence-corrected chi connectivity index (χ1v) is 12.2. The number of amides is 1. The Morgan fingerprint density at radius 1 is 1.00 bits per heavy atom. The summed E-state index contributed by atoms with van der Waals surface area (Å²) in [5.41, 5.74) is 1.21. The van der Waals surface area contributed by atoms with Crippen molar-refractivity contribution >= 4 is 12.2 Å². The van der Waals surface area contributed by atoms with E-state index < -0.39 is 34.6 Å². The molecule has 0 atom stereocenters. The number of carboxylic acid groups (broad SMARTS) is 1. The maximum absolute atomic E-state index is 13.7. The largest absolute Gasteiger partial charge is 0.465 e. The average Bonchev–Trinajstić information content (AvgIpc) is 2.90. The van der Waals surface area contributed by atoms with Crippen LogP contribution < -0.4 is 5.56 Å². The predicted octanol–water partition coefficient (Wildman–Crippen LogP) is 5.62. The van der Waals surface area contributed by atoms with E-state index in [4.69, 9.17) is 0 Å². The van der Waals surface area contributed by atoms with Gasteiger partial charge in [0.1, 0.15) is 0 Å². The highest BCUT2D eigenvalue weighted by Gasteiger charge is 2.24. The molecule has 0 radical (unpaired) electrons. The minimum absolute atomic E-state index is 0.00415. The molecule has 0 unspecified atom stereocenters. The lowest BCUT2D eigenvalue weighted by molar-refractivity contribution is 0.108. The third-order valence-electron chi connectivity index (χ3n) is 5.97. The molecule has 0 saturated carbocycles. The topological polar surface area (TPSA) is 101 Å². The quantitative estimate of drug-likeness (QED) is 0.300. The van der Waals surface area contributed by atoms with Gasteiger partial charge in [0.05, 0.1) is 12.2 Å². The summed E-state index contributed by atoms with van der Waals surface area (Å²) in [5, 5.41) is 13.6. The van der Waals surface area contributed by atoms with Gasteiger partial charge in [0.15, 0.2) is 23.3 Å². The highest BCUT2D eigenvalue weighted by atomic mass is 19.2. The van der Waals surface area contributed by atoms with E-state index in [1.165, 1.54) is 17.0 Å². The van der Waals surface area contributed by atoms with Crippen LogP contribution in [0, 0.1) is 17.5 Å². The molecule has 0 aliphatic rings. The third-order valence-corrected chi connectivity index (χ3v) is 5.97. The number of aromatic nitrogens is 4. The fourth-order valence-electron chi connectivity index (χ4n) is 3.91. The van der Waals surface area contributed by atoms with Gasteiger partial charge in [0.25, 0.3) is 5.56 Å². The van der Waals surface area contributed by atoms with Crippen LogP contribution in [0.5, 0.6) is 0 Å². The SMILES string of the molecule is CC(C)(C)N(C/C=C\c1cnc(-c2cccc(Cn3nc(-c4cc(F)c(F)c(F)c4)ccc3=O)c2)nc1)C(=O)O. The molecule has 206 valence electrons. The zero-order valence-electron chi connectivity index (χ0n) is 22.0. The average molecular weight is 550 g/mol. The van der Waals surface area contributed by atoms with E-state index in [2.05, 4.69) is 15.1 Å². The molecular weight excluding hydrogens is 523 g/mol. The van der Waals surface area contributed by atoms with Crippen LogP contribution in [-0.2, 0) is 6.54 Å². The minimum atomic E-state index is -1.58. The summed E-state index contributed by atoms with van der Waals surface area (Å²) in [6, 6.07) is 11.3. The molecule has 11 heteroatoms. The molecular formula is C29H26F3N5O3. The lowest BCUT2D eigenvalue weighted by Gasteiger charge is -2.32. The molecule has 1 amide bonds. The van der Waals surface area contributed by atoms with Crippen molar-refractivity contribution < 1.29 is 23.1 Å². The molecule has 40 heavy (non-hydrogen) atoms. The second-order valence-electron chi connectivity index (χ2n) is 9.98. The van der Waals surface area contributed by atoms with Crippen molar-refractivity contribution in [3.05, 3.63) is 106 Å². The molecule has 0 aliphatic heterocycles. The maximum Gasteiger partial charge on any atom is 0.408 e. The van der Waals surface area contributed by atoms with Crippen LogP contribution in [0.15, 0.2) is 71.8 Å². The molecule has 2 aromatic carbocycles. The van der Waals surface area contributed by atoms with E-state index in [9.17, 15) is 27.9 Å². The van der Waals surface area contributed by atoms with Gasteiger partial charge in [-0.1, -0.05) is 30.4 Å². The molecule has 0 aliphatic carbocycles. The van der Waals surface area contributed by atoms with Crippen LogP contribution in [0.25, 0.3) is 28.7 Å². The van der Waals surface area contributed by atoms with Crippen LogP contribution in [0.1, 0.15) is 31.9 Å². The second-order valence-corrected chi connectivity index (χ2v) is 9.98. The molecule has 2 heterocycles. The Morgan fingerprint density at radius 2 is 1.68 bits per heavy atom. The number of rotatable bonds is 7. The summed E-state index contributed by atoms with van der Waals surface area (Å²) in [7, 11) is 0. The van der Waals surface area contributed by atoms with Crippen LogP contribution >= 0.6 is 0 Å². The van der Waals surface area contributed by atoms with Gasteiger partial charge >= 0.3 is 6.09 Å². The summed E-state index contributed by atoms with van der Waals surface area (Å²) < 4.78 is 41.9. The smallest absolute Gasteiger partial charge is 0.408 e. The Bertz CT molecular complexity index is 1610.